The molecule has 0 aromatic heterocycles. The average molecular weight is 381 g/mol. The van der Waals surface area contributed by atoms with Crippen LogP contribution in [0.25, 0.3) is 0 Å². The van der Waals surface area contributed by atoms with E-state index in [2.05, 4.69) is 5.32 Å². The van der Waals surface area contributed by atoms with Crippen molar-refractivity contribution in [2.45, 2.75) is 11.4 Å². The zero-order valence-electron chi connectivity index (χ0n) is 14.3. The number of non-ortho nitro benzene ring substituents is 1. The fourth-order valence-corrected chi connectivity index (χ4v) is 3.13. The molecular formula is C21H17ClN2O3. The maximum atomic E-state index is 12.7. The van der Waals surface area contributed by atoms with Crippen LogP contribution in [-0.4, -0.2) is 10.8 Å². The number of benzene rings is 3. The second-order valence-corrected chi connectivity index (χ2v) is 6.45. The summed E-state index contributed by atoms with van der Waals surface area (Å²) in [5, 5.41) is 13.3. The molecule has 27 heavy (non-hydrogen) atoms. The molecule has 0 saturated carbocycles. The maximum absolute atomic E-state index is 12.7. The highest BCUT2D eigenvalue weighted by molar-refractivity contribution is 6.21. The third-order valence-corrected chi connectivity index (χ3v) is 4.70. The molecule has 3 aromatic rings. The molecule has 1 N–H and O–H groups in total. The fraction of sp³-hybridized carbons (Fsp3) is 0.0952. The van der Waals surface area contributed by atoms with Crippen molar-refractivity contribution in [3.05, 3.63) is 112 Å². The first-order valence-electron chi connectivity index (χ1n) is 8.35. The summed E-state index contributed by atoms with van der Waals surface area (Å²) < 4.78 is 0. The summed E-state index contributed by atoms with van der Waals surface area (Å²) in [7, 11) is 0. The summed E-state index contributed by atoms with van der Waals surface area (Å²) in [6, 6.07) is 24.0. The third-order valence-electron chi connectivity index (χ3n) is 4.20. The molecule has 0 heterocycles. The predicted octanol–water partition coefficient (Wildman–Crippen LogP) is 5.05. The number of hydrogen-bond donors (Lipinski definition) is 1. The Labute approximate surface area is 161 Å². The van der Waals surface area contributed by atoms with E-state index < -0.39 is 16.3 Å². The Morgan fingerprint density at radius 1 is 0.852 bits per heavy atom. The van der Waals surface area contributed by atoms with Gasteiger partial charge in [0.05, 0.1) is 16.3 Å². The summed E-state index contributed by atoms with van der Waals surface area (Å²) >= 11 is 6.70. The van der Waals surface area contributed by atoms with Crippen molar-refractivity contribution >= 4 is 23.2 Å². The smallest absolute Gasteiger partial charge is 0.269 e. The van der Waals surface area contributed by atoms with Crippen LogP contribution in [0.4, 0.5) is 5.69 Å². The van der Waals surface area contributed by atoms with Crippen LogP contribution in [0.2, 0.25) is 0 Å². The lowest BCUT2D eigenvalue weighted by Gasteiger charge is -2.24. The van der Waals surface area contributed by atoms with E-state index in [0.717, 1.165) is 11.1 Å². The first-order chi connectivity index (χ1) is 13.1. The van der Waals surface area contributed by atoms with Crippen molar-refractivity contribution in [3.63, 3.8) is 0 Å². The van der Waals surface area contributed by atoms with Crippen LogP contribution in [0.1, 0.15) is 32.9 Å². The number of rotatable bonds is 6. The third kappa shape index (κ3) is 4.51. The number of nitrogens with one attached hydrogen (secondary N) is 1. The normalized spacial score (nSPS) is 12.8. The number of amides is 1. The Morgan fingerprint density at radius 2 is 1.37 bits per heavy atom. The summed E-state index contributed by atoms with van der Waals surface area (Å²) in [5.41, 5.74) is 2.03. The van der Waals surface area contributed by atoms with Gasteiger partial charge in [-0.15, -0.1) is 11.6 Å². The van der Waals surface area contributed by atoms with Gasteiger partial charge in [-0.2, -0.15) is 0 Å². The molecule has 136 valence electrons. The number of nitro benzene ring substituents is 1. The SMILES string of the molecule is O=C(N[C@H](c1ccccc1)[C@@H](Cl)c1ccccc1)c1ccc([N+](=O)[O-])cc1. The molecule has 0 fully saturated rings. The van der Waals surface area contributed by atoms with Crippen molar-refractivity contribution in [2.75, 3.05) is 0 Å². The van der Waals surface area contributed by atoms with Gasteiger partial charge in [0.2, 0.25) is 0 Å². The quantitative estimate of drug-likeness (QED) is 0.369. The topological polar surface area (TPSA) is 72.2 Å². The molecule has 0 aliphatic carbocycles. The van der Waals surface area contributed by atoms with Gasteiger partial charge in [-0.05, 0) is 23.3 Å². The molecule has 3 aromatic carbocycles. The Morgan fingerprint density at radius 3 is 1.89 bits per heavy atom. The van der Waals surface area contributed by atoms with E-state index in [9.17, 15) is 14.9 Å². The minimum absolute atomic E-state index is 0.0642. The first kappa shape index (κ1) is 18.6. The van der Waals surface area contributed by atoms with E-state index in [-0.39, 0.29) is 11.6 Å². The minimum atomic E-state index is -0.501. The van der Waals surface area contributed by atoms with E-state index in [4.69, 9.17) is 11.6 Å². The van der Waals surface area contributed by atoms with Gasteiger partial charge in [0, 0.05) is 17.7 Å². The molecule has 1 amide bonds. The van der Waals surface area contributed by atoms with Gasteiger partial charge in [0.15, 0.2) is 0 Å². The lowest BCUT2D eigenvalue weighted by atomic mass is 9.97. The molecule has 2 atom stereocenters. The summed E-state index contributed by atoms with van der Waals surface area (Å²) in [4.78, 5) is 23.0. The number of nitrogens with zero attached hydrogens (tertiary/aromatic N) is 1. The zero-order valence-corrected chi connectivity index (χ0v) is 15.0. The van der Waals surface area contributed by atoms with Crippen molar-refractivity contribution < 1.29 is 9.72 Å². The number of nitro groups is 1. The summed E-state index contributed by atoms with van der Waals surface area (Å²) in [5.74, 6) is -0.347. The van der Waals surface area contributed by atoms with Gasteiger partial charge < -0.3 is 5.32 Å². The molecule has 0 aliphatic heterocycles. The van der Waals surface area contributed by atoms with Crippen molar-refractivity contribution in [1.82, 2.24) is 5.32 Å². The van der Waals surface area contributed by atoms with Crippen LogP contribution in [0, 0.1) is 10.1 Å². The lowest BCUT2D eigenvalue weighted by molar-refractivity contribution is -0.384. The highest BCUT2D eigenvalue weighted by Gasteiger charge is 2.25. The lowest BCUT2D eigenvalue weighted by Crippen LogP contribution is -2.31. The average Bonchev–Trinajstić information content (AvgIpc) is 2.72. The van der Waals surface area contributed by atoms with Crippen LogP contribution in [0.5, 0.6) is 0 Å². The van der Waals surface area contributed by atoms with E-state index in [1.54, 1.807) is 0 Å². The van der Waals surface area contributed by atoms with Crippen LogP contribution in [-0.2, 0) is 0 Å². The Bertz CT molecular complexity index is 915. The summed E-state index contributed by atoms with van der Waals surface area (Å²) in [6.45, 7) is 0. The van der Waals surface area contributed by atoms with Crippen LogP contribution < -0.4 is 5.32 Å². The van der Waals surface area contributed by atoms with Gasteiger partial charge in [-0.1, -0.05) is 60.7 Å². The van der Waals surface area contributed by atoms with Crippen molar-refractivity contribution in [1.29, 1.82) is 0 Å². The van der Waals surface area contributed by atoms with Crippen LogP contribution in [0.15, 0.2) is 84.9 Å². The van der Waals surface area contributed by atoms with E-state index >= 15 is 0 Å². The predicted molar refractivity (Wildman–Crippen MR) is 105 cm³/mol. The molecule has 0 saturated heterocycles. The highest BCUT2D eigenvalue weighted by Crippen LogP contribution is 2.34. The highest BCUT2D eigenvalue weighted by atomic mass is 35.5. The summed E-state index contributed by atoms with van der Waals surface area (Å²) in [6.07, 6.45) is 0. The molecule has 0 bridgehead atoms. The molecule has 6 heteroatoms. The molecule has 0 spiro atoms. The van der Waals surface area contributed by atoms with E-state index in [0.29, 0.717) is 5.56 Å². The Kier molecular flexibility index (Phi) is 5.84. The number of halogens is 1. The van der Waals surface area contributed by atoms with Crippen LogP contribution in [0.3, 0.4) is 0 Å². The molecule has 5 nitrogen and oxygen atoms in total. The molecule has 0 aliphatic rings. The molecule has 0 unspecified atom stereocenters. The second-order valence-electron chi connectivity index (χ2n) is 5.98. The van der Waals surface area contributed by atoms with Crippen LogP contribution >= 0.6 is 11.6 Å². The monoisotopic (exact) mass is 380 g/mol. The largest absolute Gasteiger partial charge is 0.343 e. The number of carbonyl (C=O) groups excluding carboxylic acids is 1. The second kappa shape index (κ2) is 8.47. The standard InChI is InChI=1S/C21H17ClN2O3/c22-19(15-7-3-1-4-8-15)20(16-9-5-2-6-10-16)23-21(25)17-11-13-18(14-12-17)24(26)27/h1-14,19-20H,(H,23,25)/t19-,20+/m0/s1. The van der Waals surface area contributed by atoms with Crippen molar-refractivity contribution in [2.24, 2.45) is 0 Å². The Balaban J connectivity index is 1.87. The van der Waals surface area contributed by atoms with Gasteiger partial charge in [-0.3, -0.25) is 14.9 Å². The minimum Gasteiger partial charge on any atom is -0.343 e. The molecule has 0 radical (unpaired) electrons. The van der Waals surface area contributed by atoms with E-state index in [1.807, 2.05) is 60.7 Å². The number of alkyl halides is 1. The molecular weight excluding hydrogens is 364 g/mol. The van der Waals surface area contributed by atoms with Gasteiger partial charge in [0.25, 0.3) is 11.6 Å². The van der Waals surface area contributed by atoms with Crippen molar-refractivity contribution in [3.8, 4) is 0 Å². The maximum Gasteiger partial charge on any atom is 0.269 e. The Hall–Kier alpha value is -3.18. The fourth-order valence-electron chi connectivity index (χ4n) is 2.77. The number of hydrogen-bond acceptors (Lipinski definition) is 3. The van der Waals surface area contributed by atoms with E-state index in [1.165, 1.54) is 24.3 Å². The number of carbonyl (C=O) groups is 1. The zero-order chi connectivity index (χ0) is 19.2. The van der Waals surface area contributed by atoms with Gasteiger partial charge in [0.1, 0.15) is 0 Å². The first-order valence-corrected chi connectivity index (χ1v) is 8.79. The molecule has 3 rings (SSSR count). The van der Waals surface area contributed by atoms with Gasteiger partial charge >= 0.3 is 0 Å². The van der Waals surface area contributed by atoms with Gasteiger partial charge in [-0.25, -0.2) is 0 Å².